The van der Waals surface area contributed by atoms with E-state index >= 15 is 0 Å². The first-order chi connectivity index (χ1) is 14.7. The summed E-state index contributed by atoms with van der Waals surface area (Å²) < 4.78 is 5.58. The van der Waals surface area contributed by atoms with Gasteiger partial charge in [0.2, 0.25) is 5.91 Å². The van der Waals surface area contributed by atoms with E-state index in [4.69, 9.17) is 4.52 Å². The number of aromatic nitrogens is 1. The fourth-order valence-corrected chi connectivity index (χ4v) is 5.15. The van der Waals surface area contributed by atoms with Crippen molar-refractivity contribution in [1.29, 1.82) is 0 Å². The molecule has 0 bridgehead atoms. The van der Waals surface area contributed by atoms with E-state index in [0.717, 1.165) is 69.3 Å². The van der Waals surface area contributed by atoms with Gasteiger partial charge in [-0.25, -0.2) is 0 Å². The Bertz CT molecular complexity index is 805. The molecule has 2 aromatic rings. The number of benzene rings is 1. The third kappa shape index (κ3) is 5.86. The molecular formula is C23H32N4O2S. The first kappa shape index (κ1) is 21.4. The van der Waals surface area contributed by atoms with Crippen LogP contribution in [-0.4, -0.2) is 67.2 Å². The smallest absolute Gasteiger partial charge is 0.222 e. The first-order valence-corrected chi connectivity index (χ1v) is 12.0. The summed E-state index contributed by atoms with van der Waals surface area (Å²) in [7, 11) is 2.12. The number of nitrogens with zero attached hydrogens (tertiary/aromatic N) is 3. The van der Waals surface area contributed by atoms with E-state index < -0.39 is 0 Å². The molecule has 3 heterocycles. The maximum absolute atomic E-state index is 12.8. The number of piperidine rings is 1. The maximum Gasteiger partial charge on any atom is 0.222 e. The molecule has 1 amide bonds. The minimum Gasteiger partial charge on any atom is -0.360 e. The SMILES string of the molecule is CN1CCN(C(=O)C[C@H]2CCNC[C@@H]2Cc2cc(CSc3ccccc3)on2)CC1. The molecular weight excluding hydrogens is 396 g/mol. The van der Waals surface area contributed by atoms with Gasteiger partial charge in [-0.05, 0) is 56.9 Å². The molecule has 7 heteroatoms. The number of piperazine rings is 1. The van der Waals surface area contributed by atoms with Gasteiger partial charge in [-0.1, -0.05) is 23.4 Å². The largest absolute Gasteiger partial charge is 0.360 e. The van der Waals surface area contributed by atoms with Crippen molar-refractivity contribution in [3.05, 3.63) is 47.9 Å². The van der Waals surface area contributed by atoms with Crippen LogP contribution in [0.1, 0.15) is 24.3 Å². The fraction of sp³-hybridized carbons (Fsp3) is 0.565. The normalized spacial score (nSPS) is 22.9. The van der Waals surface area contributed by atoms with Crippen LogP contribution in [0, 0.1) is 11.8 Å². The van der Waals surface area contributed by atoms with Crippen LogP contribution in [0.15, 0.2) is 45.8 Å². The van der Waals surface area contributed by atoms with Crippen LogP contribution >= 0.6 is 11.8 Å². The van der Waals surface area contributed by atoms with E-state index in [1.807, 2.05) is 23.1 Å². The highest BCUT2D eigenvalue weighted by atomic mass is 32.2. The highest BCUT2D eigenvalue weighted by molar-refractivity contribution is 7.98. The molecule has 4 rings (SSSR count). The van der Waals surface area contributed by atoms with E-state index in [1.165, 1.54) is 4.90 Å². The van der Waals surface area contributed by atoms with Crippen molar-refractivity contribution >= 4 is 17.7 Å². The van der Waals surface area contributed by atoms with Crippen molar-refractivity contribution in [2.45, 2.75) is 29.9 Å². The number of carbonyl (C=O) groups excluding carboxylic acids is 1. The summed E-state index contributed by atoms with van der Waals surface area (Å²) in [5.41, 5.74) is 1.00. The van der Waals surface area contributed by atoms with Gasteiger partial charge in [-0.2, -0.15) is 0 Å². The molecule has 0 saturated carbocycles. The second kappa shape index (κ2) is 10.5. The van der Waals surface area contributed by atoms with Gasteiger partial charge in [-0.3, -0.25) is 4.79 Å². The average Bonchev–Trinajstić information content (AvgIpc) is 3.22. The summed E-state index contributed by atoms with van der Waals surface area (Å²) in [6.07, 6.45) is 2.58. The molecule has 2 aliphatic rings. The van der Waals surface area contributed by atoms with Gasteiger partial charge < -0.3 is 19.6 Å². The van der Waals surface area contributed by atoms with Crippen molar-refractivity contribution in [1.82, 2.24) is 20.3 Å². The summed E-state index contributed by atoms with van der Waals surface area (Å²) in [6.45, 7) is 5.61. The van der Waals surface area contributed by atoms with Crippen molar-refractivity contribution in [2.75, 3.05) is 46.3 Å². The number of hydrogen-bond acceptors (Lipinski definition) is 6. The van der Waals surface area contributed by atoms with Crippen LogP contribution in [0.4, 0.5) is 0 Å². The monoisotopic (exact) mass is 428 g/mol. The van der Waals surface area contributed by atoms with E-state index in [2.05, 4.69) is 40.6 Å². The average molecular weight is 429 g/mol. The third-order valence-electron chi connectivity index (χ3n) is 6.26. The topological polar surface area (TPSA) is 61.6 Å². The van der Waals surface area contributed by atoms with Crippen LogP contribution in [0.5, 0.6) is 0 Å². The molecule has 0 aliphatic carbocycles. The lowest BCUT2D eigenvalue weighted by atomic mass is 9.81. The summed E-state index contributed by atoms with van der Waals surface area (Å²) >= 11 is 1.76. The van der Waals surface area contributed by atoms with Crippen LogP contribution < -0.4 is 5.32 Å². The molecule has 0 spiro atoms. The van der Waals surface area contributed by atoms with Gasteiger partial charge in [0.1, 0.15) is 5.76 Å². The third-order valence-corrected chi connectivity index (χ3v) is 7.30. The molecule has 0 radical (unpaired) electrons. The molecule has 30 heavy (non-hydrogen) atoms. The number of hydrogen-bond donors (Lipinski definition) is 1. The number of likely N-dealkylation sites (N-methyl/N-ethyl adjacent to an activating group) is 1. The summed E-state index contributed by atoms with van der Waals surface area (Å²) in [5.74, 6) is 2.85. The van der Waals surface area contributed by atoms with Crippen LogP contribution in [0.2, 0.25) is 0 Å². The lowest BCUT2D eigenvalue weighted by Gasteiger charge is -2.36. The van der Waals surface area contributed by atoms with Crippen molar-refractivity contribution in [3.8, 4) is 0 Å². The molecule has 6 nitrogen and oxygen atoms in total. The Kier molecular flexibility index (Phi) is 7.47. The van der Waals surface area contributed by atoms with E-state index in [1.54, 1.807) is 11.8 Å². The molecule has 2 atom stereocenters. The number of carbonyl (C=O) groups is 1. The first-order valence-electron chi connectivity index (χ1n) is 11.0. The van der Waals surface area contributed by atoms with Crippen molar-refractivity contribution < 1.29 is 9.32 Å². The standard InChI is InChI=1S/C23H32N4O2S/c1-26-9-11-27(12-10-26)23(28)14-18-7-8-24-16-19(18)13-20-15-21(29-25-20)17-30-22-5-3-2-4-6-22/h2-6,15,18-19,24H,7-14,16-17H2,1H3/t18-,19+/m1/s1. The Hall–Kier alpha value is -1.83. The minimum atomic E-state index is 0.320. The number of amides is 1. The summed E-state index contributed by atoms with van der Waals surface area (Å²) in [4.78, 5) is 18.4. The quantitative estimate of drug-likeness (QED) is 0.685. The molecule has 162 valence electrons. The van der Waals surface area contributed by atoms with Gasteiger partial charge >= 0.3 is 0 Å². The zero-order valence-electron chi connectivity index (χ0n) is 17.8. The highest BCUT2D eigenvalue weighted by Gasteiger charge is 2.30. The van der Waals surface area contributed by atoms with Crippen LogP contribution in [-0.2, 0) is 17.0 Å². The zero-order valence-corrected chi connectivity index (χ0v) is 18.6. The Balaban J connectivity index is 1.30. The second-order valence-electron chi connectivity index (χ2n) is 8.49. The van der Waals surface area contributed by atoms with Crippen molar-refractivity contribution in [2.24, 2.45) is 11.8 Å². The van der Waals surface area contributed by atoms with Gasteiger partial charge in [0.15, 0.2) is 0 Å². The van der Waals surface area contributed by atoms with Gasteiger partial charge in [0.25, 0.3) is 0 Å². The molecule has 1 aromatic heterocycles. The van der Waals surface area contributed by atoms with E-state index in [0.29, 0.717) is 24.2 Å². The minimum absolute atomic E-state index is 0.320. The zero-order chi connectivity index (χ0) is 20.8. The molecule has 2 saturated heterocycles. The molecule has 2 aliphatic heterocycles. The molecule has 1 aromatic carbocycles. The Morgan fingerprint density at radius 1 is 1.20 bits per heavy atom. The summed E-state index contributed by atoms with van der Waals surface area (Å²) in [6, 6.07) is 12.4. The molecule has 1 N–H and O–H groups in total. The predicted octanol–water partition coefficient (Wildman–Crippen LogP) is 2.90. The Labute approximate surface area is 183 Å². The molecule has 0 unspecified atom stereocenters. The number of nitrogens with one attached hydrogen (secondary N) is 1. The number of thioether (sulfide) groups is 1. The summed E-state index contributed by atoms with van der Waals surface area (Å²) in [5, 5.41) is 7.82. The predicted molar refractivity (Wildman–Crippen MR) is 119 cm³/mol. The molecule has 2 fully saturated rings. The van der Waals surface area contributed by atoms with E-state index in [-0.39, 0.29) is 0 Å². The fourth-order valence-electron chi connectivity index (χ4n) is 4.35. The maximum atomic E-state index is 12.8. The Morgan fingerprint density at radius 3 is 2.80 bits per heavy atom. The van der Waals surface area contributed by atoms with Crippen LogP contribution in [0.25, 0.3) is 0 Å². The highest BCUT2D eigenvalue weighted by Crippen LogP contribution is 2.28. The van der Waals surface area contributed by atoms with Gasteiger partial charge in [-0.15, -0.1) is 11.8 Å². The van der Waals surface area contributed by atoms with Crippen LogP contribution in [0.3, 0.4) is 0 Å². The van der Waals surface area contributed by atoms with E-state index in [9.17, 15) is 4.79 Å². The van der Waals surface area contributed by atoms with Gasteiger partial charge in [0, 0.05) is 43.6 Å². The second-order valence-corrected chi connectivity index (χ2v) is 9.54. The lowest BCUT2D eigenvalue weighted by Crippen LogP contribution is -2.48. The van der Waals surface area contributed by atoms with Gasteiger partial charge in [0.05, 0.1) is 11.4 Å². The van der Waals surface area contributed by atoms with Crippen molar-refractivity contribution in [3.63, 3.8) is 0 Å². The lowest BCUT2D eigenvalue weighted by molar-refractivity contribution is -0.134. The Morgan fingerprint density at radius 2 is 2.00 bits per heavy atom. The number of rotatable bonds is 7.